The van der Waals surface area contributed by atoms with Gasteiger partial charge in [0.2, 0.25) is 0 Å². The number of thioether (sulfide) groups is 1. The van der Waals surface area contributed by atoms with E-state index in [0.717, 1.165) is 27.1 Å². The van der Waals surface area contributed by atoms with E-state index >= 15 is 0 Å². The Morgan fingerprint density at radius 1 is 1.21 bits per heavy atom. The first-order valence-electron chi connectivity index (χ1n) is 8.98. The van der Waals surface area contributed by atoms with Crippen LogP contribution in [0.5, 0.6) is 0 Å². The summed E-state index contributed by atoms with van der Waals surface area (Å²) < 4.78 is 23.6. The number of hydrogen-bond donors (Lipinski definition) is 0. The maximum absolute atomic E-state index is 13.4. The third-order valence-corrected chi connectivity index (χ3v) is 5.55. The zero-order valence-corrected chi connectivity index (χ0v) is 16.9. The summed E-state index contributed by atoms with van der Waals surface area (Å²) in [6, 6.07) is 8.13. The van der Waals surface area contributed by atoms with Gasteiger partial charge in [0.25, 0.3) is 0 Å². The number of amides is 1. The molecule has 0 aromatic heterocycles. The average Bonchev–Trinajstić information content (AvgIpc) is 2.72. The molecule has 0 atom stereocenters. The molecule has 5 nitrogen and oxygen atoms in total. The average molecular weight is 403 g/mol. The van der Waals surface area contributed by atoms with Gasteiger partial charge in [-0.2, -0.15) is 0 Å². The van der Waals surface area contributed by atoms with Crippen LogP contribution in [0.3, 0.4) is 0 Å². The van der Waals surface area contributed by atoms with Gasteiger partial charge in [0.05, 0.1) is 19.3 Å². The van der Waals surface area contributed by atoms with Crippen LogP contribution >= 0.6 is 11.8 Å². The molecule has 0 spiro atoms. The lowest BCUT2D eigenvalue weighted by atomic mass is 9.87. The van der Waals surface area contributed by atoms with Crippen molar-refractivity contribution >= 4 is 23.8 Å². The summed E-state index contributed by atoms with van der Waals surface area (Å²) in [5.74, 6) is -0.710. The van der Waals surface area contributed by atoms with Crippen molar-refractivity contribution < 1.29 is 23.5 Å². The zero-order valence-electron chi connectivity index (χ0n) is 16.1. The molecule has 1 aliphatic heterocycles. The van der Waals surface area contributed by atoms with Gasteiger partial charge in [0, 0.05) is 18.0 Å². The van der Waals surface area contributed by atoms with E-state index in [1.54, 1.807) is 24.0 Å². The van der Waals surface area contributed by atoms with E-state index in [-0.39, 0.29) is 11.9 Å². The van der Waals surface area contributed by atoms with Gasteiger partial charge in [-0.1, -0.05) is 12.1 Å². The number of nitrogens with zero attached hydrogens (tertiary/aromatic N) is 1. The minimum atomic E-state index is -0.393. The smallest absolute Gasteiger partial charge is 0.410 e. The van der Waals surface area contributed by atoms with Crippen molar-refractivity contribution in [3.05, 3.63) is 52.8 Å². The van der Waals surface area contributed by atoms with Gasteiger partial charge in [-0.15, -0.1) is 11.8 Å². The van der Waals surface area contributed by atoms with Crippen LogP contribution in [0.2, 0.25) is 0 Å². The maximum atomic E-state index is 13.4. The number of hydrogen-bond acceptors (Lipinski definition) is 5. The molecule has 7 heteroatoms. The Morgan fingerprint density at radius 3 is 2.54 bits per heavy atom. The van der Waals surface area contributed by atoms with E-state index in [1.165, 1.54) is 31.0 Å². The minimum absolute atomic E-state index is 0.297. The number of carbonyl (C=O) groups excluding carboxylic acids is 2. The number of benzene rings is 2. The predicted octanol–water partition coefficient (Wildman–Crippen LogP) is 4.52. The number of methoxy groups -OCH3 is 1. The maximum Gasteiger partial charge on any atom is 0.410 e. The van der Waals surface area contributed by atoms with Gasteiger partial charge in [0.1, 0.15) is 5.82 Å². The Kier molecular flexibility index (Phi) is 6.24. The molecule has 1 heterocycles. The van der Waals surface area contributed by atoms with Crippen LogP contribution in [-0.2, 0) is 22.4 Å². The van der Waals surface area contributed by atoms with Crippen molar-refractivity contribution in [1.82, 2.24) is 4.90 Å². The van der Waals surface area contributed by atoms with Crippen LogP contribution in [0.15, 0.2) is 35.2 Å². The molecule has 2 aromatic rings. The highest BCUT2D eigenvalue weighted by atomic mass is 32.2. The van der Waals surface area contributed by atoms with Gasteiger partial charge in [-0.05, 0) is 60.1 Å². The molecule has 2 aromatic carbocycles. The third kappa shape index (κ3) is 3.85. The second-order valence-corrected chi connectivity index (χ2v) is 7.18. The van der Waals surface area contributed by atoms with E-state index in [0.29, 0.717) is 31.7 Å². The molecule has 1 aliphatic rings. The van der Waals surface area contributed by atoms with Crippen molar-refractivity contribution in [1.29, 1.82) is 0 Å². The van der Waals surface area contributed by atoms with E-state index < -0.39 is 5.97 Å². The van der Waals surface area contributed by atoms with Crippen molar-refractivity contribution in [2.24, 2.45) is 0 Å². The highest BCUT2D eigenvalue weighted by molar-refractivity contribution is 7.98. The molecule has 28 heavy (non-hydrogen) atoms. The van der Waals surface area contributed by atoms with E-state index in [1.807, 2.05) is 12.3 Å². The standard InChI is InChI=1S/C21H22FNO4S/c1-4-27-21(25)23-10-9-15-17(12-23)16(13-5-7-14(22)8-6-13)11-18(28-3)19(15)20(24)26-2/h5-8,11H,4,9-10,12H2,1-3H3. The van der Waals surface area contributed by atoms with Crippen LogP contribution in [0.25, 0.3) is 11.1 Å². The summed E-state index contributed by atoms with van der Waals surface area (Å²) in [7, 11) is 1.36. The molecule has 0 aliphatic carbocycles. The Hall–Kier alpha value is -2.54. The largest absolute Gasteiger partial charge is 0.465 e. The summed E-state index contributed by atoms with van der Waals surface area (Å²) in [6.45, 7) is 2.84. The molecule has 1 amide bonds. The van der Waals surface area contributed by atoms with Gasteiger partial charge in [-0.3, -0.25) is 0 Å². The Balaban J connectivity index is 2.18. The SMILES string of the molecule is CCOC(=O)N1CCc2c(c(-c3ccc(F)cc3)cc(SC)c2C(=O)OC)C1. The van der Waals surface area contributed by atoms with Gasteiger partial charge < -0.3 is 14.4 Å². The Morgan fingerprint density at radius 2 is 1.93 bits per heavy atom. The summed E-state index contributed by atoms with van der Waals surface area (Å²) in [5, 5.41) is 0. The molecule has 3 rings (SSSR count). The number of carbonyl (C=O) groups is 2. The predicted molar refractivity (Wildman–Crippen MR) is 106 cm³/mol. The quantitative estimate of drug-likeness (QED) is 0.555. The van der Waals surface area contributed by atoms with E-state index in [9.17, 15) is 14.0 Å². The highest BCUT2D eigenvalue weighted by Crippen LogP contribution is 2.38. The normalized spacial score (nSPS) is 13.1. The fourth-order valence-corrected chi connectivity index (χ4v) is 4.12. The van der Waals surface area contributed by atoms with Crippen molar-refractivity contribution in [3.63, 3.8) is 0 Å². The number of ether oxygens (including phenoxy) is 2. The van der Waals surface area contributed by atoms with Crippen LogP contribution in [0, 0.1) is 5.82 Å². The Labute approximate surface area is 167 Å². The third-order valence-electron chi connectivity index (χ3n) is 4.78. The van der Waals surface area contributed by atoms with Gasteiger partial charge >= 0.3 is 12.1 Å². The molecule has 0 N–H and O–H groups in total. The van der Waals surface area contributed by atoms with Crippen LogP contribution < -0.4 is 0 Å². The molecule has 148 valence electrons. The lowest BCUT2D eigenvalue weighted by Crippen LogP contribution is -2.37. The highest BCUT2D eigenvalue weighted by Gasteiger charge is 2.30. The molecule has 0 radical (unpaired) electrons. The number of fused-ring (bicyclic) bond motifs is 1. The molecule has 0 saturated carbocycles. The first-order chi connectivity index (χ1) is 13.5. The summed E-state index contributed by atoms with van der Waals surface area (Å²) >= 11 is 1.46. The second kappa shape index (κ2) is 8.65. The lowest BCUT2D eigenvalue weighted by molar-refractivity contribution is 0.0594. The minimum Gasteiger partial charge on any atom is -0.465 e. The lowest BCUT2D eigenvalue weighted by Gasteiger charge is -2.31. The summed E-state index contributed by atoms with van der Waals surface area (Å²) in [4.78, 5) is 27.2. The van der Waals surface area contributed by atoms with Crippen molar-refractivity contribution in [3.8, 4) is 11.1 Å². The number of rotatable bonds is 4. The summed E-state index contributed by atoms with van der Waals surface area (Å²) in [5.41, 5.74) is 3.98. The first kappa shape index (κ1) is 20.2. The number of halogens is 1. The molecular weight excluding hydrogens is 381 g/mol. The van der Waals surface area contributed by atoms with Gasteiger partial charge in [-0.25, -0.2) is 14.0 Å². The van der Waals surface area contributed by atoms with Crippen LogP contribution in [0.1, 0.15) is 28.4 Å². The monoisotopic (exact) mass is 403 g/mol. The van der Waals surface area contributed by atoms with Crippen LogP contribution in [-0.4, -0.2) is 43.5 Å². The molecule has 0 fully saturated rings. The zero-order chi connectivity index (χ0) is 20.3. The topological polar surface area (TPSA) is 55.8 Å². The molecule has 0 bridgehead atoms. The van der Waals surface area contributed by atoms with Crippen molar-refractivity contribution in [2.75, 3.05) is 26.5 Å². The fourth-order valence-electron chi connectivity index (χ4n) is 3.47. The molecular formula is C21H22FNO4S. The Bertz CT molecular complexity index is 898. The van der Waals surface area contributed by atoms with Crippen LogP contribution in [0.4, 0.5) is 9.18 Å². The van der Waals surface area contributed by atoms with E-state index in [2.05, 4.69) is 0 Å². The number of esters is 1. The van der Waals surface area contributed by atoms with E-state index in [4.69, 9.17) is 9.47 Å². The molecule has 0 unspecified atom stereocenters. The van der Waals surface area contributed by atoms with Crippen molar-refractivity contribution in [2.45, 2.75) is 24.8 Å². The van der Waals surface area contributed by atoms with Gasteiger partial charge in [0.15, 0.2) is 0 Å². The summed E-state index contributed by atoms with van der Waals surface area (Å²) in [6.07, 6.45) is 2.03. The second-order valence-electron chi connectivity index (χ2n) is 6.33. The molecule has 0 saturated heterocycles. The fraction of sp³-hybridized carbons (Fsp3) is 0.333. The first-order valence-corrected chi connectivity index (χ1v) is 10.2.